The molecule has 0 fully saturated rings. The molecular weight excluding hydrogens is 325 g/mol. The normalized spacial score (nSPS) is 14.0. The predicted octanol–water partition coefficient (Wildman–Crippen LogP) is 3.61. The molecule has 3 N–H and O–H groups in total. The molecule has 0 saturated heterocycles. The topological polar surface area (TPSA) is 70.6 Å². The molecule has 0 saturated carbocycles. The van der Waals surface area contributed by atoms with Crippen LogP contribution in [0.1, 0.15) is 32.3 Å². The molecule has 24 heavy (non-hydrogen) atoms. The molecule has 136 valence electrons. The monoisotopic (exact) mass is 348 g/mol. The molecule has 1 aromatic rings. The number of anilines is 1. The summed E-state index contributed by atoms with van der Waals surface area (Å²) >= 11 is 0. The van der Waals surface area contributed by atoms with Gasteiger partial charge in [-0.3, -0.25) is 0 Å². The largest absolute Gasteiger partial charge is 0.484 e. The van der Waals surface area contributed by atoms with Crippen LogP contribution in [0.4, 0.5) is 23.7 Å². The summed E-state index contributed by atoms with van der Waals surface area (Å²) in [6.07, 6.45) is -3.42. The van der Waals surface area contributed by atoms with E-state index in [-0.39, 0.29) is 12.4 Å². The van der Waals surface area contributed by atoms with Gasteiger partial charge in [0.1, 0.15) is 5.75 Å². The minimum atomic E-state index is -4.43. The van der Waals surface area contributed by atoms with Crippen molar-refractivity contribution in [2.24, 2.45) is 0 Å². The number of aliphatic hydroxyl groups excluding tert-OH is 1. The van der Waals surface area contributed by atoms with E-state index in [0.29, 0.717) is 24.1 Å². The molecule has 5 nitrogen and oxygen atoms in total. The summed E-state index contributed by atoms with van der Waals surface area (Å²) in [5.41, 5.74) is 0.184. The van der Waals surface area contributed by atoms with E-state index in [1.165, 1.54) is 12.1 Å². The van der Waals surface area contributed by atoms with Crippen LogP contribution in [0.2, 0.25) is 0 Å². The van der Waals surface area contributed by atoms with Gasteiger partial charge in [0.15, 0.2) is 6.61 Å². The van der Waals surface area contributed by atoms with Crippen molar-refractivity contribution >= 4 is 11.7 Å². The quantitative estimate of drug-likeness (QED) is 0.705. The Hall–Kier alpha value is -1.96. The predicted molar refractivity (Wildman–Crippen MR) is 85.3 cm³/mol. The molecule has 8 heteroatoms. The molecule has 0 bridgehead atoms. The van der Waals surface area contributed by atoms with Crippen LogP contribution in [-0.4, -0.2) is 36.1 Å². The number of urea groups is 1. The Morgan fingerprint density at radius 3 is 2.54 bits per heavy atom. The molecule has 0 aliphatic rings. The zero-order chi connectivity index (χ0) is 18.4. The molecule has 1 rings (SSSR count). The van der Waals surface area contributed by atoms with Gasteiger partial charge in [-0.05, 0) is 38.8 Å². The molecule has 0 heterocycles. The van der Waals surface area contributed by atoms with E-state index in [1.807, 2.05) is 6.92 Å². The highest BCUT2D eigenvalue weighted by Gasteiger charge is 2.29. The first-order valence-corrected chi connectivity index (χ1v) is 7.59. The van der Waals surface area contributed by atoms with Crippen LogP contribution in [-0.2, 0) is 0 Å². The lowest BCUT2D eigenvalue weighted by molar-refractivity contribution is -0.153. The minimum Gasteiger partial charge on any atom is -0.484 e. The smallest absolute Gasteiger partial charge is 0.422 e. The SMILES string of the molecule is CCC(C)(CCO)NC(=O)Nc1cccc(OCC(F)(F)F)c1C. The number of hydrogen-bond acceptors (Lipinski definition) is 3. The first kappa shape index (κ1) is 20.1. The van der Waals surface area contributed by atoms with E-state index in [9.17, 15) is 18.0 Å². The molecule has 0 radical (unpaired) electrons. The van der Waals surface area contributed by atoms with E-state index in [0.717, 1.165) is 0 Å². The zero-order valence-corrected chi connectivity index (χ0v) is 14.0. The van der Waals surface area contributed by atoms with Crippen LogP contribution in [0, 0.1) is 6.92 Å². The fourth-order valence-electron chi connectivity index (χ4n) is 2.07. The lowest BCUT2D eigenvalue weighted by atomic mass is 9.95. The van der Waals surface area contributed by atoms with E-state index in [4.69, 9.17) is 9.84 Å². The van der Waals surface area contributed by atoms with Gasteiger partial charge in [0.05, 0.1) is 0 Å². The number of aliphatic hydroxyl groups is 1. The molecule has 0 spiro atoms. The van der Waals surface area contributed by atoms with E-state index in [1.54, 1.807) is 19.9 Å². The van der Waals surface area contributed by atoms with Gasteiger partial charge in [-0.1, -0.05) is 13.0 Å². The van der Waals surface area contributed by atoms with Crippen molar-refractivity contribution < 1.29 is 27.8 Å². The van der Waals surface area contributed by atoms with Gasteiger partial charge in [-0.15, -0.1) is 0 Å². The summed E-state index contributed by atoms with van der Waals surface area (Å²) in [6, 6.07) is 3.99. The Balaban J connectivity index is 2.79. The molecule has 2 amide bonds. The van der Waals surface area contributed by atoms with Crippen molar-refractivity contribution in [3.8, 4) is 5.75 Å². The van der Waals surface area contributed by atoms with Crippen molar-refractivity contribution in [1.29, 1.82) is 0 Å². The van der Waals surface area contributed by atoms with E-state index in [2.05, 4.69) is 10.6 Å². The van der Waals surface area contributed by atoms with Crippen molar-refractivity contribution in [2.45, 2.75) is 45.3 Å². The maximum atomic E-state index is 12.3. The van der Waals surface area contributed by atoms with Crippen LogP contribution >= 0.6 is 0 Å². The second kappa shape index (κ2) is 8.23. The number of amides is 2. The zero-order valence-electron chi connectivity index (χ0n) is 14.0. The summed E-state index contributed by atoms with van der Waals surface area (Å²) in [5.74, 6) is 0.0544. The maximum absolute atomic E-state index is 12.3. The standard InChI is InChI=1S/C16H23F3N2O3/c1-4-15(3,8-9-22)21-14(23)20-12-6-5-7-13(11(12)2)24-10-16(17,18)19/h5-7,22H,4,8-10H2,1-3H3,(H2,20,21,23). The Labute approximate surface area is 139 Å². The fraction of sp³-hybridized carbons (Fsp3) is 0.562. The van der Waals surface area contributed by atoms with Gasteiger partial charge < -0.3 is 20.5 Å². The van der Waals surface area contributed by atoms with Crippen LogP contribution in [0.5, 0.6) is 5.75 Å². The Kier molecular flexibility index (Phi) is 6.89. The number of rotatable bonds is 7. The third kappa shape index (κ3) is 6.27. The highest BCUT2D eigenvalue weighted by atomic mass is 19.4. The number of ether oxygens (including phenoxy) is 1. The molecule has 1 unspecified atom stereocenters. The van der Waals surface area contributed by atoms with Crippen molar-refractivity contribution in [3.63, 3.8) is 0 Å². The number of alkyl halides is 3. The molecule has 1 aromatic carbocycles. The van der Waals surface area contributed by atoms with Gasteiger partial charge in [-0.2, -0.15) is 13.2 Å². The molecule has 0 aliphatic heterocycles. The number of hydrogen-bond donors (Lipinski definition) is 3. The van der Waals surface area contributed by atoms with Crippen LogP contribution in [0.25, 0.3) is 0 Å². The van der Waals surface area contributed by atoms with Gasteiger partial charge in [0.25, 0.3) is 0 Å². The lowest BCUT2D eigenvalue weighted by Crippen LogP contribution is -2.48. The first-order valence-electron chi connectivity index (χ1n) is 7.59. The van der Waals surface area contributed by atoms with Gasteiger partial charge in [0.2, 0.25) is 0 Å². The number of halogens is 3. The highest BCUT2D eigenvalue weighted by Crippen LogP contribution is 2.27. The van der Waals surface area contributed by atoms with Gasteiger partial charge in [-0.25, -0.2) is 4.79 Å². The maximum Gasteiger partial charge on any atom is 0.422 e. The second-order valence-electron chi connectivity index (χ2n) is 5.80. The summed E-state index contributed by atoms with van der Waals surface area (Å²) in [4.78, 5) is 12.1. The highest BCUT2D eigenvalue weighted by molar-refractivity contribution is 5.91. The first-order chi connectivity index (χ1) is 11.1. The van der Waals surface area contributed by atoms with Crippen molar-refractivity contribution in [3.05, 3.63) is 23.8 Å². The lowest BCUT2D eigenvalue weighted by Gasteiger charge is -2.29. The average molecular weight is 348 g/mol. The number of nitrogens with one attached hydrogen (secondary N) is 2. The molecular formula is C16H23F3N2O3. The van der Waals surface area contributed by atoms with Crippen LogP contribution in [0.15, 0.2) is 18.2 Å². The molecule has 0 aliphatic carbocycles. The number of carbonyl (C=O) groups excluding carboxylic acids is 1. The van der Waals surface area contributed by atoms with Gasteiger partial charge >= 0.3 is 12.2 Å². The second-order valence-corrected chi connectivity index (χ2v) is 5.80. The van der Waals surface area contributed by atoms with Crippen LogP contribution < -0.4 is 15.4 Å². The molecule has 0 aromatic heterocycles. The summed E-state index contributed by atoms with van der Waals surface area (Å²) in [5, 5.41) is 14.4. The van der Waals surface area contributed by atoms with Crippen LogP contribution in [0.3, 0.4) is 0 Å². The van der Waals surface area contributed by atoms with Crippen molar-refractivity contribution in [1.82, 2.24) is 5.32 Å². The Morgan fingerprint density at radius 2 is 2.00 bits per heavy atom. The fourth-order valence-corrected chi connectivity index (χ4v) is 2.07. The Morgan fingerprint density at radius 1 is 1.33 bits per heavy atom. The van der Waals surface area contributed by atoms with Gasteiger partial charge in [0, 0.05) is 23.4 Å². The summed E-state index contributed by atoms with van der Waals surface area (Å²) < 4.78 is 41.5. The average Bonchev–Trinajstić information content (AvgIpc) is 2.47. The third-order valence-corrected chi connectivity index (χ3v) is 3.78. The van der Waals surface area contributed by atoms with E-state index < -0.39 is 24.4 Å². The van der Waals surface area contributed by atoms with Crippen molar-refractivity contribution in [2.75, 3.05) is 18.5 Å². The number of carbonyl (C=O) groups is 1. The minimum absolute atomic E-state index is 0.0544. The molecule has 1 atom stereocenters. The summed E-state index contributed by atoms with van der Waals surface area (Å²) in [7, 11) is 0. The summed E-state index contributed by atoms with van der Waals surface area (Å²) in [6.45, 7) is 3.79. The third-order valence-electron chi connectivity index (χ3n) is 3.78. The van der Waals surface area contributed by atoms with E-state index >= 15 is 0 Å². The number of benzene rings is 1. The Bertz CT molecular complexity index is 564.